The molecule has 0 spiro atoms. The Morgan fingerprint density at radius 2 is 2.00 bits per heavy atom. The zero-order chi connectivity index (χ0) is 13.8. The minimum atomic E-state index is -3.08. The average Bonchev–Trinajstić information content (AvgIpc) is 2.26. The fourth-order valence-electron chi connectivity index (χ4n) is 1.20. The predicted molar refractivity (Wildman–Crippen MR) is 68.6 cm³/mol. The highest BCUT2D eigenvalue weighted by atomic mass is 32.2. The molecule has 0 bridgehead atoms. The molecule has 1 heterocycles. The summed E-state index contributed by atoms with van der Waals surface area (Å²) < 4.78 is 21.9. The number of rotatable bonds is 6. The zero-order valence-electron chi connectivity index (χ0n) is 10.0. The first-order valence-corrected chi connectivity index (χ1v) is 7.13. The highest BCUT2D eigenvalue weighted by molar-refractivity contribution is 7.90. The van der Waals surface area contributed by atoms with Crippen LogP contribution in [-0.2, 0) is 9.84 Å². The Hall–Kier alpha value is -1.90. The predicted octanol–water partition coefficient (Wildman–Crippen LogP) is 0.488. The maximum Gasteiger partial charge on any atom is 0.276 e. The van der Waals surface area contributed by atoms with Crippen molar-refractivity contribution < 1.29 is 13.3 Å². The maximum absolute atomic E-state index is 10.9. The lowest BCUT2D eigenvalue weighted by atomic mass is 10.3. The largest absolute Gasteiger partial charge is 0.373 e. The van der Waals surface area contributed by atoms with Crippen LogP contribution < -0.4 is 10.6 Å². The van der Waals surface area contributed by atoms with Crippen LogP contribution in [0.4, 0.5) is 17.3 Å². The summed E-state index contributed by atoms with van der Waals surface area (Å²) >= 11 is 0. The second-order valence-corrected chi connectivity index (χ2v) is 5.92. The van der Waals surface area contributed by atoms with Crippen molar-refractivity contribution in [1.29, 1.82) is 0 Å². The second-order valence-electron chi connectivity index (χ2n) is 3.66. The van der Waals surface area contributed by atoms with Gasteiger partial charge in [0.05, 0.1) is 22.8 Å². The van der Waals surface area contributed by atoms with E-state index in [1.807, 2.05) is 0 Å². The zero-order valence-corrected chi connectivity index (χ0v) is 10.8. The molecule has 0 aliphatic rings. The van der Waals surface area contributed by atoms with Crippen LogP contribution >= 0.6 is 0 Å². The molecule has 0 saturated heterocycles. The molecule has 1 aromatic heterocycles. The van der Waals surface area contributed by atoms with Crippen molar-refractivity contribution in [2.75, 3.05) is 36.2 Å². The summed E-state index contributed by atoms with van der Waals surface area (Å²) in [7, 11) is -1.49. The molecule has 18 heavy (non-hydrogen) atoms. The van der Waals surface area contributed by atoms with Gasteiger partial charge in [0.15, 0.2) is 0 Å². The monoisotopic (exact) mass is 274 g/mol. The third-order valence-electron chi connectivity index (χ3n) is 2.06. The molecule has 0 fully saturated rings. The van der Waals surface area contributed by atoms with Crippen molar-refractivity contribution in [3.63, 3.8) is 0 Å². The number of nitrogens with one attached hydrogen (secondary N) is 2. The third-order valence-corrected chi connectivity index (χ3v) is 3.00. The molecule has 0 unspecified atom stereocenters. The molecule has 9 heteroatoms. The lowest BCUT2D eigenvalue weighted by Gasteiger charge is -2.06. The lowest BCUT2D eigenvalue weighted by molar-refractivity contribution is -0.384. The first kappa shape index (κ1) is 14.2. The molecular formula is C9H14N4O4S. The van der Waals surface area contributed by atoms with Crippen molar-refractivity contribution in [1.82, 2.24) is 4.98 Å². The van der Waals surface area contributed by atoms with E-state index in [4.69, 9.17) is 0 Å². The summed E-state index contributed by atoms with van der Waals surface area (Å²) in [5.41, 5.74) is -0.115. The van der Waals surface area contributed by atoms with E-state index < -0.39 is 14.8 Å². The Bertz CT molecular complexity index is 543. The van der Waals surface area contributed by atoms with Gasteiger partial charge in [-0.3, -0.25) is 10.1 Å². The molecule has 1 rings (SSSR count). The molecular weight excluding hydrogens is 260 g/mol. The number of sulfone groups is 1. The van der Waals surface area contributed by atoms with Gasteiger partial charge in [0.25, 0.3) is 5.69 Å². The number of aromatic nitrogens is 1. The van der Waals surface area contributed by atoms with Gasteiger partial charge >= 0.3 is 0 Å². The summed E-state index contributed by atoms with van der Waals surface area (Å²) in [5.74, 6) is 0.537. The number of nitrogens with zero attached hydrogens (tertiary/aromatic N) is 2. The van der Waals surface area contributed by atoms with Crippen LogP contribution in [0.3, 0.4) is 0 Å². The number of hydrogen-bond donors (Lipinski definition) is 2. The van der Waals surface area contributed by atoms with Crippen molar-refractivity contribution in [3.05, 3.63) is 22.2 Å². The van der Waals surface area contributed by atoms with Crippen LogP contribution in [0.25, 0.3) is 0 Å². The molecule has 0 saturated carbocycles. The lowest BCUT2D eigenvalue weighted by Crippen LogP contribution is -2.15. The highest BCUT2D eigenvalue weighted by Gasteiger charge is 2.11. The van der Waals surface area contributed by atoms with Gasteiger partial charge in [-0.05, 0) is 0 Å². The summed E-state index contributed by atoms with van der Waals surface area (Å²) in [4.78, 5) is 14.2. The molecule has 0 aliphatic heterocycles. The first-order valence-electron chi connectivity index (χ1n) is 5.07. The SMILES string of the molecule is CNc1cc([N+](=O)[O-])cc(NCCS(C)(=O)=O)n1. The van der Waals surface area contributed by atoms with Crippen LogP contribution in [-0.4, -0.2) is 43.9 Å². The van der Waals surface area contributed by atoms with Crippen LogP contribution in [0.1, 0.15) is 0 Å². The van der Waals surface area contributed by atoms with Gasteiger partial charge in [-0.2, -0.15) is 0 Å². The summed E-state index contributed by atoms with van der Waals surface area (Å²) in [6.45, 7) is 0.149. The van der Waals surface area contributed by atoms with E-state index in [1.54, 1.807) is 7.05 Å². The quantitative estimate of drug-likeness (QED) is 0.573. The van der Waals surface area contributed by atoms with Crippen LogP contribution in [0.5, 0.6) is 0 Å². The molecule has 0 radical (unpaired) electrons. The van der Waals surface area contributed by atoms with E-state index in [2.05, 4.69) is 15.6 Å². The van der Waals surface area contributed by atoms with Crippen molar-refractivity contribution in [2.24, 2.45) is 0 Å². The minimum Gasteiger partial charge on any atom is -0.373 e. The van der Waals surface area contributed by atoms with Crippen LogP contribution in [0.15, 0.2) is 12.1 Å². The number of pyridine rings is 1. The van der Waals surface area contributed by atoms with Gasteiger partial charge in [-0.25, -0.2) is 13.4 Å². The van der Waals surface area contributed by atoms with Crippen LogP contribution in [0.2, 0.25) is 0 Å². The molecule has 0 atom stereocenters. The third kappa shape index (κ3) is 4.53. The Morgan fingerprint density at radius 1 is 1.39 bits per heavy atom. The van der Waals surface area contributed by atoms with Gasteiger partial charge in [0.1, 0.15) is 21.5 Å². The van der Waals surface area contributed by atoms with Gasteiger partial charge in [0, 0.05) is 19.8 Å². The summed E-state index contributed by atoms with van der Waals surface area (Å²) in [6, 6.07) is 2.55. The minimum absolute atomic E-state index is 0.0632. The van der Waals surface area contributed by atoms with Crippen molar-refractivity contribution in [2.45, 2.75) is 0 Å². The molecule has 1 aromatic rings. The first-order chi connectivity index (χ1) is 8.31. The standard InChI is InChI=1S/C9H14N4O4S/c1-10-8-5-7(13(14)15)6-9(12-8)11-3-4-18(2,16)17/h5-6H,3-4H2,1-2H3,(H2,10,11,12). The maximum atomic E-state index is 10.9. The van der Waals surface area contributed by atoms with E-state index in [-0.39, 0.29) is 23.8 Å². The van der Waals surface area contributed by atoms with Gasteiger partial charge in [-0.1, -0.05) is 0 Å². The highest BCUT2D eigenvalue weighted by Crippen LogP contribution is 2.19. The van der Waals surface area contributed by atoms with E-state index in [1.165, 1.54) is 12.1 Å². The van der Waals surface area contributed by atoms with E-state index >= 15 is 0 Å². The number of nitro groups is 1. The molecule has 8 nitrogen and oxygen atoms in total. The van der Waals surface area contributed by atoms with Gasteiger partial charge in [0.2, 0.25) is 0 Å². The van der Waals surface area contributed by atoms with Crippen LogP contribution in [0, 0.1) is 10.1 Å². The molecule has 0 aromatic carbocycles. The molecule has 2 N–H and O–H groups in total. The fraction of sp³-hybridized carbons (Fsp3) is 0.444. The second kappa shape index (κ2) is 5.63. The van der Waals surface area contributed by atoms with Crippen molar-refractivity contribution in [3.8, 4) is 0 Å². The topological polar surface area (TPSA) is 114 Å². The van der Waals surface area contributed by atoms with Gasteiger partial charge in [-0.15, -0.1) is 0 Å². The Balaban J connectivity index is 2.82. The van der Waals surface area contributed by atoms with E-state index in [9.17, 15) is 18.5 Å². The number of anilines is 2. The average molecular weight is 274 g/mol. The Morgan fingerprint density at radius 3 is 2.50 bits per heavy atom. The summed E-state index contributed by atoms with van der Waals surface area (Å²) in [5, 5.41) is 16.1. The fourth-order valence-corrected chi connectivity index (χ4v) is 1.68. The van der Waals surface area contributed by atoms with E-state index in [0.29, 0.717) is 5.82 Å². The van der Waals surface area contributed by atoms with E-state index in [0.717, 1.165) is 6.26 Å². The van der Waals surface area contributed by atoms with Crippen molar-refractivity contribution >= 4 is 27.2 Å². The normalized spacial score (nSPS) is 11.0. The Kier molecular flexibility index (Phi) is 4.43. The Labute approximate surface area is 104 Å². The number of hydrogen-bond acceptors (Lipinski definition) is 7. The molecule has 100 valence electrons. The smallest absolute Gasteiger partial charge is 0.276 e. The van der Waals surface area contributed by atoms with Gasteiger partial charge < -0.3 is 10.6 Å². The molecule has 0 aliphatic carbocycles. The summed E-state index contributed by atoms with van der Waals surface area (Å²) in [6.07, 6.45) is 1.12. The molecule has 0 amide bonds.